The highest BCUT2D eigenvalue weighted by molar-refractivity contribution is 8.00. The molecule has 96 valence electrons. The van der Waals surface area contributed by atoms with Gasteiger partial charge in [0, 0.05) is 17.0 Å². The lowest BCUT2D eigenvalue weighted by Crippen LogP contribution is -2.38. The molecular formula is C14H24N2S. The summed E-state index contributed by atoms with van der Waals surface area (Å²) in [5, 5.41) is 1.45. The van der Waals surface area contributed by atoms with Crippen LogP contribution >= 0.6 is 11.8 Å². The Morgan fingerprint density at radius 2 is 1.82 bits per heavy atom. The van der Waals surface area contributed by atoms with E-state index >= 15 is 0 Å². The second kappa shape index (κ2) is 5.40. The molecule has 2 atom stereocenters. The van der Waals surface area contributed by atoms with Crippen LogP contribution in [0.1, 0.15) is 39.0 Å². The molecule has 0 bridgehead atoms. The van der Waals surface area contributed by atoms with Gasteiger partial charge in [0.05, 0.1) is 5.03 Å². The van der Waals surface area contributed by atoms with E-state index in [2.05, 4.69) is 51.7 Å². The van der Waals surface area contributed by atoms with E-state index in [0.29, 0.717) is 5.25 Å². The van der Waals surface area contributed by atoms with E-state index in [1.165, 1.54) is 5.56 Å². The van der Waals surface area contributed by atoms with Crippen LogP contribution in [0.3, 0.4) is 0 Å². The van der Waals surface area contributed by atoms with Crippen molar-refractivity contribution in [2.24, 2.45) is 11.1 Å². The van der Waals surface area contributed by atoms with Gasteiger partial charge in [-0.25, -0.2) is 4.98 Å². The van der Waals surface area contributed by atoms with E-state index in [1.807, 2.05) is 6.92 Å². The zero-order valence-electron chi connectivity index (χ0n) is 11.7. The van der Waals surface area contributed by atoms with E-state index in [4.69, 9.17) is 5.73 Å². The van der Waals surface area contributed by atoms with Crippen LogP contribution in [0.5, 0.6) is 0 Å². The standard InChI is InChI=1S/C14H24N2S/c1-9-7-10(2)16-12(8-9)17-13(11(3)15)14(4,5)6/h7-8,11,13H,15H2,1-6H3. The van der Waals surface area contributed by atoms with Crippen LogP contribution in [0, 0.1) is 19.3 Å². The van der Waals surface area contributed by atoms with Crippen molar-refractivity contribution in [1.82, 2.24) is 4.98 Å². The molecule has 3 heteroatoms. The van der Waals surface area contributed by atoms with Crippen LogP contribution in [-0.2, 0) is 0 Å². The summed E-state index contributed by atoms with van der Waals surface area (Å²) in [4.78, 5) is 4.58. The van der Waals surface area contributed by atoms with Gasteiger partial charge in [-0.15, -0.1) is 11.8 Å². The van der Waals surface area contributed by atoms with E-state index in [-0.39, 0.29) is 11.5 Å². The SMILES string of the molecule is Cc1cc(C)nc(SC(C(C)N)C(C)(C)C)c1. The number of nitrogens with zero attached hydrogens (tertiary/aromatic N) is 1. The van der Waals surface area contributed by atoms with Gasteiger partial charge in [-0.05, 0) is 43.9 Å². The summed E-state index contributed by atoms with van der Waals surface area (Å²) in [5.41, 5.74) is 8.61. The molecule has 0 spiro atoms. The fourth-order valence-corrected chi connectivity index (χ4v) is 3.35. The van der Waals surface area contributed by atoms with Crippen LogP contribution in [0.15, 0.2) is 17.2 Å². The van der Waals surface area contributed by atoms with Gasteiger partial charge in [0.2, 0.25) is 0 Å². The highest BCUT2D eigenvalue weighted by Crippen LogP contribution is 2.36. The maximum absolute atomic E-state index is 6.10. The van der Waals surface area contributed by atoms with Crippen LogP contribution in [0.2, 0.25) is 0 Å². The Kier molecular flexibility index (Phi) is 4.62. The van der Waals surface area contributed by atoms with Gasteiger partial charge in [-0.2, -0.15) is 0 Å². The fraction of sp³-hybridized carbons (Fsp3) is 0.643. The smallest absolute Gasteiger partial charge is 0.0969 e. The lowest BCUT2D eigenvalue weighted by atomic mass is 9.88. The van der Waals surface area contributed by atoms with Crippen LogP contribution in [0.4, 0.5) is 0 Å². The number of aromatic nitrogens is 1. The number of hydrogen-bond donors (Lipinski definition) is 1. The van der Waals surface area contributed by atoms with Crippen molar-refractivity contribution in [2.45, 2.75) is 57.9 Å². The first-order chi connectivity index (χ1) is 7.70. The Bertz CT molecular complexity index is 360. The van der Waals surface area contributed by atoms with Gasteiger partial charge < -0.3 is 5.73 Å². The molecule has 0 radical (unpaired) electrons. The largest absolute Gasteiger partial charge is 0.327 e. The maximum atomic E-state index is 6.10. The molecule has 2 nitrogen and oxygen atoms in total. The Hall–Kier alpha value is -0.540. The molecule has 1 aromatic heterocycles. The summed E-state index contributed by atoms with van der Waals surface area (Å²) in [7, 11) is 0. The van der Waals surface area contributed by atoms with Crippen molar-refractivity contribution < 1.29 is 0 Å². The van der Waals surface area contributed by atoms with Crippen molar-refractivity contribution in [3.63, 3.8) is 0 Å². The Morgan fingerprint density at radius 3 is 2.24 bits per heavy atom. The molecule has 0 aliphatic rings. The number of nitrogens with two attached hydrogens (primary N) is 1. The zero-order chi connectivity index (χ0) is 13.2. The third-order valence-electron chi connectivity index (χ3n) is 2.65. The highest BCUT2D eigenvalue weighted by atomic mass is 32.2. The number of aryl methyl sites for hydroxylation is 2. The average molecular weight is 252 g/mol. The molecular weight excluding hydrogens is 228 g/mol. The molecule has 0 saturated carbocycles. The monoisotopic (exact) mass is 252 g/mol. The molecule has 0 fully saturated rings. The van der Waals surface area contributed by atoms with Crippen molar-refractivity contribution in [2.75, 3.05) is 0 Å². The average Bonchev–Trinajstić information content (AvgIpc) is 2.10. The quantitative estimate of drug-likeness (QED) is 0.836. The minimum absolute atomic E-state index is 0.155. The first kappa shape index (κ1) is 14.5. The van der Waals surface area contributed by atoms with E-state index in [0.717, 1.165) is 10.7 Å². The number of thioether (sulfide) groups is 1. The van der Waals surface area contributed by atoms with Crippen molar-refractivity contribution in [1.29, 1.82) is 0 Å². The molecule has 0 amide bonds. The van der Waals surface area contributed by atoms with E-state index in [9.17, 15) is 0 Å². The Balaban J connectivity index is 2.94. The van der Waals surface area contributed by atoms with Crippen molar-refractivity contribution in [3.05, 3.63) is 23.4 Å². The summed E-state index contributed by atoms with van der Waals surface area (Å²) < 4.78 is 0. The lowest BCUT2D eigenvalue weighted by Gasteiger charge is -2.32. The van der Waals surface area contributed by atoms with Gasteiger partial charge in [0.15, 0.2) is 0 Å². The van der Waals surface area contributed by atoms with Gasteiger partial charge in [-0.1, -0.05) is 20.8 Å². The third-order valence-corrected chi connectivity index (χ3v) is 4.49. The second-order valence-electron chi connectivity index (χ2n) is 5.89. The van der Waals surface area contributed by atoms with Crippen LogP contribution in [-0.4, -0.2) is 16.3 Å². The molecule has 1 heterocycles. The number of pyridine rings is 1. The number of hydrogen-bond acceptors (Lipinski definition) is 3. The highest BCUT2D eigenvalue weighted by Gasteiger charge is 2.29. The summed E-state index contributed by atoms with van der Waals surface area (Å²) >= 11 is 1.80. The van der Waals surface area contributed by atoms with Crippen LogP contribution < -0.4 is 5.73 Å². The minimum Gasteiger partial charge on any atom is -0.327 e. The predicted octanol–water partition coefficient (Wildman–Crippen LogP) is 3.55. The molecule has 17 heavy (non-hydrogen) atoms. The zero-order valence-corrected chi connectivity index (χ0v) is 12.6. The van der Waals surface area contributed by atoms with E-state index < -0.39 is 0 Å². The molecule has 2 N–H and O–H groups in total. The molecule has 2 unspecified atom stereocenters. The molecule has 0 aliphatic carbocycles. The first-order valence-electron chi connectivity index (χ1n) is 6.07. The lowest BCUT2D eigenvalue weighted by molar-refractivity contribution is 0.363. The van der Waals surface area contributed by atoms with E-state index in [1.54, 1.807) is 11.8 Å². The van der Waals surface area contributed by atoms with Gasteiger partial charge in [-0.3, -0.25) is 0 Å². The van der Waals surface area contributed by atoms with Gasteiger partial charge >= 0.3 is 0 Å². The van der Waals surface area contributed by atoms with Gasteiger partial charge in [0.25, 0.3) is 0 Å². The third kappa shape index (κ3) is 4.32. The normalized spacial score (nSPS) is 15.7. The topological polar surface area (TPSA) is 38.9 Å². The second-order valence-corrected chi connectivity index (χ2v) is 7.05. The molecule has 0 saturated heterocycles. The Morgan fingerprint density at radius 1 is 1.24 bits per heavy atom. The predicted molar refractivity (Wildman–Crippen MR) is 76.5 cm³/mol. The van der Waals surface area contributed by atoms with Crippen molar-refractivity contribution in [3.8, 4) is 0 Å². The summed E-state index contributed by atoms with van der Waals surface area (Å²) in [5.74, 6) is 0. The minimum atomic E-state index is 0.155. The van der Waals surface area contributed by atoms with Gasteiger partial charge in [0.1, 0.15) is 0 Å². The first-order valence-corrected chi connectivity index (χ1v) is 6.95. The number of rotatable bonds is 3. The molecule has 0 aliphatic heterocycles. The summed E-state index contributed by atoms with van der Waals surface area (Å²) in [6.07, 6.45) is 0. The fourth-order valence-electron chi connectivity index (χ4n) is 2.07. The Labute approximate surface area is 109 Å². The maximum Gasteiger partial charge on any atom is 0.0969 e. The molecule has 1 rings (SSSR count). The molecule has 0 aromatic carbocycles. The van der Waals surface area contributed by atoms with Crippen molar-refractivity contribution >= 4 is 11.8 Å². The summed E-state index contributed by atoms with van der Waals surface area (Å²) in [6, 6.07) is 4.39. The summed E-state index contributed by atoms with van der Waals surface area (Å²) in [6.45, 7) is 12.9. The molecule has 1 aromatic rings. The van der Waals surface area contributed by atoms with Crippen LogP contribution in [0.25, 0.3) is 0 Å².